The molecule has 0 aromatic heterocycles. The highest BCUT2D eigenvalue weighted by molar-refractivity contribution is 9.10. The number of nitrogens with zero attached hydrogens (tertiary/aromatic N) is 2. The third-order valence-electron chi connectivity index (χ3n) is 3.32. The van der Waals surface area contributed by atoms with Crippen LogP contribution in [0, 0.1) is 11.3 Å². The number of anilines is 1. The third-order valence-corrected chi connectivity index (χ3v) is 3.81. The van der Waals surface area contributed by atoms with Gasteiger partial charge in [0.2, 0.25) is 0 Å². The predicted molar refractivity (Wildman–Crippen MR) is 95.1 cm³/mol. The number of phenols is 1. The Morgan fingerprint density at radius 1 is 1.20 bits per heavy atom. The molecular weight excluding hydrogens is 388 g/mol. The van der Waals surface area contributed by atoms with Crippen LogP contribution >= 0.6 is 15.9 Å². The van der Waals surface area contributed by atoms with Crippen molar-refractivity contribution >= 4 is 33.5 Å². The Kier molecular flexibility index (Phi) is 6.54. The van der Waals surface area contributed by atoms with Gasteiger partial charge in [0.1, 0.15) is 11.3 Å². The molecule has 0 saturated carbocycles. The van der Waals surface area contributed by atoms with E-state index in [4.69, 9.17) is 10.00 Å². The Morgan fingerprint density at radius 2 is 1.92 bits per heavy atom. The number of ether oxygens (including phenoxy) is 1. The minimum atomic E-state index is -0.805. The Hall–Kier alpha value is -2.85. The summed E-state index contributed by atoms with van der Waals surface area (Å²) in [6, 6.07) is 15.2. The van der Waals surface area contributed by atoms with Crippen LogP contribution < -0.4 is 4.90 Å². The van der Waals surface area contributed by atoms with Crippen LogP contribution in [0.15, 0.2) is 53.0 Å². The molecule has 7 heteroatoms. The molecule has 2 aromatic rings. The smallest absolute Gasteiger partial charge is 0.342 e. The average Bonchev–Trinajstić information content (AvgIpc) is 2.63. The molecule has 128 valence electrons. The number of aromatic hydroxyl groups is 1. The number of carbonyl (C=O) groups is 2. The van der Waals surface area contributed by atoms with Crippen molar-refractivity contribution in [1.82, 2.24) is 0 Å². The quantitative estimate of drug-likeness (QED) is 0.748. The zero-order chi connectivity index (χ0) is 18.2. The van der Waals surface area contributed by atoms with E-state index in [1.807, 2.05) is 12.1 Å². The van der Waals surface area contributed by atoms with Crippen molar-refractivity contribution in [2.45, 2.75) is 6.42 Å². The van der Waals surface area contributed by atoms with E-state index >= 15 is 0 Å². The second kappa shape index (κ2) is 8.85. The first-order valence-corrected chi connectivity index (χ1v) is 8.20. The summed E-state index contributed by atoms with van der Waals surface area (Å²) in [4.78, 5) is 25.9. The van der Waals surface area contributed by atoms with Crippen molar-refractivity contribution < 1.29 is 19.4 Å². The Morgan fingerprint density at radius 3 is 2.60 bits per heavy atom. The molecule has 6 nitrogen and oxygen atoms in total. The van der Waals surface area contributed by atoms with Gasteiger partial charge in [-0.3, -0.25) is 4.79 Å². The highest BCUT2D eigenvalue weighted by Crippen LogP contribution is 2.22. The second-order valence-electron chi connectivity index (χ2n) is 5.03. The largest absolute Gasteiger partial charge is 0.507 e. The van der Waals surface area contributed by atoms with Crippen LogP contribution in [0.3, 0.4) is 0 Å². The molecule has 0 aliphatic rings. The Labute approximate surface area is 153 Å². The molecule has 2 aromatic carbocycles. The summed E-state index contributed by atoms with van der Waals surface area (Å²) in [5, 5.41) is 18.5. The number of esters is 1. The first-order valence-electron chi connectivity index (χ1n) is 7.41. The van der Waals surface area contributed by atoms with E-state index in [1.165, 1.54) is 17.0 Å². The van der Waals surface area contributed by atoms with Crippen molar-refractivity contribution in [3.8, 4) is 11.8 Å². The lowest BCUT2D eigenvalue weighted by atomic mass is 10.2. The van der Waals surface area contributed by atoms with Crippen LogP contribution in [0.2, 0.25) is 0 Å². The maximum atomic E-state index is 12.4. The van der Waals surface area contributed by atoms with Gasteiger partial charge in [-0.1, -0.05) is 34.1 Å². The molecule has 0 fully saturated rings. The van der Waals surface area contributed by atoms with E-state index in [0.717, 1.165) is 0 Å². The van der Waals surface area contributed by atoms with Crippen LogP contribution in [0.4, 0.5) is 5.69 Å². The molecule has 0 radical (unpaired) electrons. The molecule has 0 spiro atoms. The lowest BCUT2D eigenvalue weighted by Gasteiger charge is -2.21. The van der Waals surface area contributed by atoms with Crippen molar-refractivity contribution in [2.24, 2.45) is 0 Å². The molecule has 0 atom stereocenters. The zero-order valence-corrected chi connectivity index (χ0v) is 14.8. The van der Waals surface area contributed by atoms with Crippen molar-refractivity contribution in [1.29, 1.82) is 5.26 Å². The molecule has 1 amide bonds. The number of para-hydroxylation sites is 1. The van der Waals surface area contributed by atoms with Crippen LogP contribution in [-0.2, 0) is 9.53 Å². The number of amides is 1. The van der Waals surface area contributed by atoms with E-state index in [9.17, 15) is 14.7 Å². The number of hydrogen-bond acceptors (Lipinski definition) is 5. The van der Waals surface area contributed by atoms with Gasteiger partial charge in [0.25, 0.3) is 5.91 Å². The van der Waals surface area contributed by atoms with Crippen LogP contribution in [0.25, 0.3) is 0 Å². The van der Waals surface area contributed by atoms with Gasteiger partial charge < -0.3 is 14.7 Å². The van der Waals surface area contributed by atoms with E-state index < -0.39 is 18.5 Å². The molecule has 0 saturated heterocycles. The fourth-order valence-electron chi connectivity index (χ4n) is 2.12. The zero-order valence-electron chi connectivity index (χ0n) is 13.2. The molecule has 25 heavy (non-hydrogen) atoms. The van der Waals surface area contributed by atoms with Crippen molar-refractivity contribution in [2.75, 3.05) is 18.1 Å². The topological polar surface area (TPSA) is 90.6 Å². The molecular formula is C18H15BrN2O4. The molecule has 0 bridgehead atoms. The minimum Gasteiger partial charge on any atom is -0.507 e. The number of hydrogen-bond donors (Lipinski definition) is 1. The highest BCUT2D eigenvalue weighted by atomic mass is 79.9. The second-order valence-corrected chi connectivity index (χ2v) is 5.94. The van der Waals surface area contributed by atoms with Crippen molar-refractivity contribution in [3.63, 3.8) is 0 Å². The predicted octanol–water partition coefficient (Wildman–Crippen LogP) is 3.26. The lowest BCUT2D eigenvalue weighted by molar-refractivity contribution is -0.121. The maximum Gasteiger partial charge on any atom is 0.342 e. The molecule has 0 aliphatic heterocycles. The standard InChI is InChI=1S/C18H15BrN2O4/c19-13-7-8-16(22)15(11-13)18(24)25-12-17(23)21(10-4-9-20)14-5-2-1-3-6-14/h1-3,5-8,11,22H,4,10,12H2. The number of nitriles is 1. The Balaban J connectivity index is 2.07. The van der Waals surface area contributed by atoms with E-state index in [-0.39, 0.29) is 24.3 Å². The maximum absolute atomic E-state index is 12.4. The first kappa shape index (κ1) is 18.5. The van der Waals surface area contributed by atoms with Gasteiger partial charge in [-0.15, -0.1) is 0 Å². The third kappa shape index (κ3) is 5.06. The summed E-state index contributed by atoms with van der Waals surface area (Å²) < 4.78 is 5.61. The number of rotatable bonds is 6. The normalized spacial score (nSPS) is 9.92. The minimum absolute atomic E-state index is 0.0366. The van der Waals surface area contributed by atoms with Gasteiger partial charge in [-0.05, 0) is 30.3 Å². The molecule has 1 N–H and O–H groups in total. The van der Waals surface area contributed by atoms with E-state index in [1.54, 1.807) is 30.3 Å². The summed E-state index contributed by atoms with van der Waals surface area (Å²) in [6.07, 6.45) is 0.154. The van der Waals surface area contributed by atoms with Gasteiger partial charge in [0.15, 0.2) is 6.61 Å². The number of benzene rings is 2. The number of halogens is 1. The molecule has 0 unspecified atom stereocenters. The lowest BCUT2D eigenvalue weighted by Crippen LogP contribution is -2.35. The fourth-order valence-corrected chi connectivity index (χ4v) is 2.48. The van der Waals surface area contributed by atoms with Gasteiger partial charge in [-0.2, -0.15) is 5.26 Å². The van der Waals surface area contributed by atoms with Gasteiger partial charge >= 0.3 is 5.97 Å². The van der Waals surface area contributed by atoms with E-state index in [0.29, 0.717) is 10.2 Å². The molecule has 0 aliphatic carbocycles. The SMILES string of the molecule is N#CCCN(C(=O)COC(=O)c1cc(Br)ccc1O)c1ccccc1. The summed E-state index contributed by atoms with van der Waals surface area (Å²) in [5.74, 6) is -1.49. The summed E-state index contributed by atoms with van der Waals surface area (Å²) in [6.45, 7) is -0.301. The summed E-state index contributed by atoms with van der Waals surface area (Å²) in [5.41, 5.74) is 0.578. The van der Waals surface area contributed by atoms with Gasteiger partial charge in [0, 0.05) is 16.7 Å². The molecule has 0 heterocycles. The summed E-state index contributed by atoms with van der Waals surface area (Å²) >= 11 is 3.20. The highest BCUT2D eigenvalue weighted by Gasteiger charge is 2.19. The van der Waals surface area contributed by atoms with Gasteiger partial charge in [-0.25, -0.2) is 4.79 Å². The number of carbonyl (C=O) groups excluding carboxylic acids is 2. The fraction of sp³-hybridized carbons (Fsp3) is 0.167. The Bertz CT molecular complexity index is 802. The first-order chi connectivity index (χ1) is 12.0. The summed E-state index contributed by atoms with van der Waals surface area (Å²) in [7, 11) is 0. The average molecular weight is 403 g/mol. The van der Waals surface area contributed by atoms with Crippen LogP contribution in [-0.4, -0.2) is 30.1 Å². The number of phenolic OH excluding ortho intramolecular Hbond substituents is 1. The van der Waals surface area contributed by atoms with E-state index in [2.05, 4.69) is 15.9 Å². The van der Waals surface area contributed by atoms with Crippen molar-refractivity contribution in [3.05, 3.63) is 58.6 Å². The van der Waals surface area contributed by atoms with Crippen LogP contribution in [0.1, 0.15) is 16.8 Å². The monoisotopic (exact) mass is 402 g/mol. The van der Waals surface area contributed by atoms with Gasteiger partial charge in [0.05, 0.1) is 12.5 Å². The van der Waals surface area contributed by atoms with Crippen LogP contribution in [0.5, 0.6) is 5.75 Å². The molecule has 2 rings (SSSR count).